The number of hydrogen-bond acceptors (Lipinski definition) is 5. The average Bonchev–Trinajstić information content (AvgIpc) is 2.51. The van der Waals surface area contributed by atoms with Crippen LogP contribution in [0.1, 0.15) is 5.56 Å². The monoisotopic (exact) mass is 367 g/mol. The number of ether oxygens (including phenoxy) is 1. The molecule has 24 heavy (non-hydrogen) atoms. The predicted octanol–water partition coefficient (Wildman–Crippen LogP) is 0.949. The lowest BCUT2D eigenvalue weighted by Crippen LogP contribution is -2.43. The molecule has 0 aliphatic carbocycles. The summed E-state index contributed by atoms with van der Waals surface area (Å²) in [7, 11) is -3.88. The van der Waals surface area contributed by atoms with Crippen molar-refractivity contribution in [1.29, 1.82) is 0 Å². The van der Waals surface area contributed by atoms with Gasteiger partial charge in [-0.25, -0.2) is 0 Å². The third-order valence-electron chi connectivity index (χ3n) is 2.88. The molecular formula is C16H19N2O4S2+. The van der Waals surface area contributed by atoms with E-state index in [4.69, 9.17) is 20.1 Å². The first-order chi connectivity index (χ1) is 11.4. The lowest BCUT2D eigenvalue weighted by molar-refractivity contribution is -0.110. The summed E-state index contributed by atoms with van der Waals surface area (Å²) < 4.78 is 35.3. The second-order valence-electron chi connectivity index (χ2n) is 4.93. The van der Waals surface area contributed by atoms with Crippen LogP contribution in [0.5, 0.6) is 11.5 Å². The smallest absolute Gasteiger partial charge is 0.339 e. The van der Waals surface area contributed by atoms with Gasteiger partial charge in [-0.1, -0.05) is 18.2 Å². The summed E-state index contributed by atoms with van der Waals surface area (Å²) in [5.41, 5.74) is 6.18. The molecule has 0 saturated heterocycles. The summed E-state index contributed by atoms with van der Waals surface area (Å²) in [6.45, 7) is 2.21. The zero-order valence-electron chi connectivity index (χ0n) is 13.1. The minimum absolute atomic E-state index is 0.0966. The molecule has 128 valence electrons. The molecule has 0 heterocycles. The zero-order chi connectivity index (χ0) is 17.6. The van der Waals surface area contributed by atoms with Gasteiger partial charge in [-0.3, -0.25) is 11.1 Å². The highest BCUT2D eigenvalue weighted by Crippen LogP contribution is 2.25. The van der Waals surface area contributed by atoms with E-state index in [2.05, 4.69) is 0 Å². The van der Waals surface area contributed by atoms with Gasteiger partial charge in [0.15, 0.2) is 0 Å². The van der Waals surface area contributed by atoms with Gasteiger partial charge in [-0.15, -0.1) is 0 Å². The van der Waals surface area contributed by atoms with E-state index in [0.29, 0.717) is 18.1 Å². The molecule has 0 amide bonds. The average molecular weight is 367 g/mol. The van der Waals surface area contributed by atoms with Crippen LogP contribution in [0.15, 0.2) is 53.4 Å². The van der Waals surface area contributed by atoms with Crippen LogP contribution in [0.25, 0.3) is 0 Å². The molecule has 2 rings (SSSR count). The molecule has 0 fully saturated rings. The molecule has 0 unspecified atom stereocenters. The molecule has 0 atom stereocenters. The van der Waals surface area contributed by atoms with Crippen molar-refractivity contribution in [3.63, 3.8) is 0 Å². The Bertz CT molecular complexity index is 808. The van der Waals surface area contributed by atoms with Crippen LogP contribution < -0.4 is 20.1 Å². The molecule has 0 saturated carbocycles. The Balaban J connectivity index is 2.09. The van der Waals surface area contributed by atoms with Crippen molar-refractivity contribution in [2.45, 2.75) is 11.8 Å². The van der Waals surface area contributed by atoms with Gasteiger partial charge in [0.1, 0.15) is 16.4 Å². The van der Waals surface area contributed by atoms with Crippen LogP contribution in [0.2, 0.25) is 0 Å². The van der Waals surface area contributed by atoms with Gasteiger partial charge < -0.3 is 8.92 Å². The van der Waals surface area contributed by atoms with Crippen molar-refractivity contribution in [1.82, 2.24) is 0 Å². The van der Waals surface area contributed by atoms with Crippen molar-refractivity contribution in [3.05, 3.63) is 54.1 Å². The van der Waals surface area contributed by atoms with E-state index in [-0.39, 0.29) is 15.8 Å². The lowest BCUT2D eigenvalue weighted by atomic mass is 10.2. The van der Waals surface area contributed by atoms with Crippen LogP contribution in [0.4, 0.5) is 0 Å². The number of aryl methyl sites for hydroxylation is 1. The molecule has 0 aliphatic rings. The third-order valence-corrected chi connectivity index (χ3v) is 4.85. The van der Waals surface area contributed by atoms with Crippen LogP contribution in [0.3, 0.4) is 0 Å². The zero-order valence-corrected chi connectivity index (χ0v) is 14.8. The number of thioether (sulfide) groups is 1. The van der Waals surface area contributed by atoms with Crippen LogP contribution >= 0.6 is 11.8 Å². The second-order valence-corrected chi connectivity index (χ2v) is 7.65. The molecule has 6 nitrogen and oxygen atoms in total. The van der Waals surface area contributed by atoms with Crippen molar-refractivity contribution in [3.8, 4) is 11.5 Å². The van der Waals surface area contributed by atoms with Crippen molar-refractivity contribution < 1.29 is 22.7 Å². The molecule has 0 spiro atoms. The van der Waals surface area contributed by atoms with E-state index >= 15 is 0 Å². The molecule has 0 aromatic heterocycles. The number of rotatable bonds is 7. The Hall–Kier alpha value is -2.19. The van der Waals surface area contributed by atoms with E-state index in [9.17, 15) is 8.42 Å². The SMILES string of the molecule is Cc1cc(OCCSC(N)=[NH2+])cc(OS(=O)(=O)c2ccccc2)c1. The summed E-state index contributed by atoms with van der Waals surface area (Å²) in [5, 5.41) is 5.64. The fourth-order valence-corrected chi connectivity index (χ4v) is 3.27. The summed E-state index contributed by atoms with van der Waals surface area (Å²) in [5.74, 6) is 1.31. The predicted molar refractivity (Wildman–Crippen MR) is 94.5 cm³/mol. The van der Waals surface area contributed by atoms with Gasteiger partial charge in [0.25, 0.3) is 5.17 Å². The fraction of sp³-hybridized carbons (Fsp3) is 0.188. The summed E-state index contributed by atoms with van der Waals surface area (Å²) in [4.78, 5) is 0.0966. The fourth-order valence-electron chi connectivity index (χ4n) is 1.93. The van der Waals surface area contributed by atoms with Gasteiger partial charge in [0.05, 0.1) is 6.61 Å². The lowest BCUT2D eigenvalue weighted by Gasteiger charge is -2.11. The maximum absolute atomic E-state index is 12.3. The molecule has 0 radical (unpaired) electrons. The van der Waals surface area contributed by atoms with Gasteiger partial charge in [-0.2, -0.15) is 8.42 Å². The summed E-state index contributed by atoms with van der Waals surface area (Å²) in [6, 6.07) is 12.9. The van der Waals surface area contributed by atoms with Crippen molar-refractivity contribution >= 4 is 27.0 Å². The highest BCUT2D eigenvalue weighted by Gasteiger charge is 2.16. The van der Waals surface area contributed by atoms with Gasteiger partial charge >= 0.3 is 10.1 Å². The van der Waals surface area contributed by atoms with E-state index in [1.165, 1.54) is 30.0 Å². The Labute approximate surface area is 145 Å². The first-order valence-electron chi connectivity index (χ1n) is 7.11. The Morgan fingerprint density at radius 2 is 1.83 bits per heavy atom. The topological polar surface area (TPSA) is 104 Å². The maximum atomic E-state index is 12.3. The summed E-state index contributed by atoms with van der Waals surface area (Å²) >= 11 is 1.29. The third kappa shape index (κ3) is 5.47. The van der Waals surface area contributed by atoms with Gasteiger partial charge in [0, 0.05) is 11.8 Å². The highest BCUT2D eigenvalue weighted by atomic mass is 32.2. The molecule has 2 aromatic carbocycles. The van der Waals surface area contributed by atoms with Gasteiger partial charge in [0.2, 0.25) is 0 Å². The first-order valence-corrected chi connectivity index (χ1v) is 9.51. The van der Waals surface area contributed by atoms with E-state index in [0.717, 1.165) is 5.56 Å². The molecule has 8 heteroatoms. The van der Waals surface area contributed by atoms with Crippen LogP contribution in [0, 0.1) is 6.92 Å². The molecular weight excluding hydrogens is 348 g/mol. The van der Waals surface area contributed by atoms with Crippen LogP contribution in [-0.2, 0) is 10.1 Å². The largest absolute Gasteiger partial charge is 0.493 e. The number of benzene rings is 2. The minimum Gasteiger partial charge on any atom is -0.493 e. The highest BCUT2D eigenvalue weighted by molar-refractivity contribution is 8.13. The maximum Gasteiger partial charge on any atom is 0.339 e. The second kappa shape index (κ2) is 8.07. The minimum atomic E-state index is -3.88. The Morgan fingerprint density at radius 3 is 2.50 bits per heavy atom. The molecule has 4 N–H and O–H groups in total. The van der Waals surface area contributed by atoms with Crippen molar-refractivity contribution in [2.24, 2.45) is 5.73 Å². The molecule has 0 bridgehead atoms. The molecule has 2 aromatic rings. The Kier molecular flexibility index (Phi) is 6.10. The molecule has 0 aliphatic heterocycles. The quantitative estimate of drug-likeness (QED) is 0.327. The first kappa shape index (κ1) is 18.2. The Morgan fingerprint density at radius 1 is 1.17 bits per heavy atom. The standard InChI is InChI=1S/C16H18N2O4S2/c1-12-9-13(21-7-8-23-16(17)18)11-14(10-12)22-24(19,20)15-5-3-2-4-6-15/h2-6,9-11H,7-8H2,1H3,(H3,17,18)/p+1. The van der Waals surface area contributed by atoms with Crippen molar-refractivity contribution in [2.75, 3.05) is 12.4 Å². The normalized spacial score (nSPS) is 11.0. The van der Waals surface area contributed by atoms with E-state index < -0.39 is 10.1 Å². The van der Waals surface area contributed by atoms with Gasteiger partial charge in [-0.05, 0) is 48.5 Å². The summed E-state index contributed by atoms with van der Waals surface area (Å²) in [6.07, 6.45) is 0. The van der Waals surface area contributed by atoms with E-state index in [1.54, 1.807) is 30.3 Å². The number of amidine groups is 1. The van der Waals surface area contributed by atoms with E-state index in [1.807, 2.05) is 6.92 Å². The number of nitrogens with two attached hydrogens (primary N) is 2. The number of hydrogen-bond donors (Lipinski definition) is 2. The van der Waals surface area contributed by atoms with Crippen LogP contribution in [-0.4, -0.2) is 25.9 Å².